The van der Waals surface area contributed by atoms with Gasteiger partial charge in [0.05, 0.1) is 4.88 Å². The molecule has 2 heterocycles. The van der Waals surface area contributed by atoms with E-state index in [-0.39, 0.29) is 23.6 Å². The van der Waals surface area contributed by atoms with Crippen LogP contribution in [0.3, 0.4) is 0 Å². The second kappa shape index (κ2) is 7.63. The minimum Gasteiger partial charge on any atom is -0.383 e. The topological polar surface area (TPSA) is 88.0 Å². The van der Waals surface area contributed by atoms with Crippen LogP contribution in [0.5, 0.6) is 0 Å². The molecule has 1 aromatic carbocycles. The number of benzene rings is 1. The predicted molar refractivity (Wildman–Crippen MR) is 112 cm³/mol. The van der Waals surface area contributed by atoms with Crippen molar-refractivity contribution in [1.82, 2.24) is 15.0 Å². The van der Waals surface area contributed by atoms with Gasteiger partial charge in [0, 0.05) is 30.9 Å². The lowest BCUT2D eigenvalue weighted by atomic mass is 9.99. The minimum atomic E-state index is -4.55. The van der Waals surface area contributed by atoms with E-state index in [9.17, 15) is 23.1 Å². The number of thiazole rings is 1. The van der Waals surface area contributed by atoms with Crippen LogP contribution in [-0.2, 0) is 16.6 Å². The number of aromatic nitrogens is 3. The number of hydrogen-bond acceptors (Lipinski definition) is 7. The average molecular weight is 460 g/mol. The molecule has 2 fully saturated rings. The lowest BCUT2D eigenvalue weighted by Gasteiger charge is -2.20. The van der Waals surface area contributed by atoms with Crippen molar-refractivity contribution in [3.05, 3.63) is 53.4 Å². The molecule has 3 aromatic rings. The third-order valence-corrected chi connectivity index (χ3v) is 7.34. The first kappa shape index (κ1) is 21.0. The summed E-state index contributed by atoms with van der Waals surface area (Å²) in [6.45, 7) is 0. The summed E-state index contributed by atoms with van der Waals surface area (Å²) in [6.07, 6.45) is 0.370. The first-order chi connectivity index (χ1) is 15.2. The number of Topliss-reactive ketones (excluding diaryl/α,β-unsaturated/α-hetero) is 1. The van der Waals surface area contributed by atoms with Crippen LogP contribution in [0.25, 0.3) is 10.4 Å². The summed E-state index contributed by atoms with van der Waals surface area (Å²) in [6, 6.07) is 7.93. The number of rotatable bonds is 4. The van der Waals surface area contributed by atoms with Gasteiger partial charge in [0.1, 0.15) is 22.1 Å². The van der Waals surface area contributed by atoms with Crippen LogP contribution in [0, 0.1) is 11.8 Å². The second-order valence-electron chi connectivity index (χ2n) is 8.41. The molecule has 2 saturated carbocycles. The molecule has 0 radical (unpaired) electrons. The number of aliphatic hydroxyl groups is 1. The van der Waals surface area contributed by atoms with Gasteiger partial charge in [0.25, 0.3) is 0 Å². The van der Waals surface area contributed by atoms with Gasteiger partial charge in [-0.1, -0.05) is 12.1 Å². The molecule has 5 rings (SSSR count). The highest BCUT2D eigenvalue weighted by molar-refractivity contribution is 7.15. The summed E-state index contributed by atoms with van der Waals surface area (Å²) in [4.78, 5) is 24.3. The summed E-state index contributed by atoms with van der Waals surface area (Å²) < 4.78 is 38.7. The molecule has 1 unspecified atom stereocenters. The van der Waals surface area contributed by atoms with Gasteiger partial charge >= 0.3 is 6.18 Å². The first-order valence-corrected chi connectivity index (χ1v) is 11.0. The summed E-state index contributed by atoms with van der Waals surface area (Å²) >= 11 is 1.39. The lowest BCUT2D eigenvalue weighted by molar-refractivity contribution is -0.141. The van der Waals surface area contributed by atoms with Crippen molar-refractivity contribution in [3.63, 3.8) is 0 Å². The zero-order valence-electron chi connectivity index (χ0n) is 16.8. The molecule has 0 amide bonds. The van der Waals surface area contributed by atoms with Gasteiger partial charge in [-0.05, 0) is 48.4 Å². The van der Waals surface area contributed by atoms with Crippen molar-refractivity contribution in [2.24, 2.45) is 11.8 Å². The molecule has 2 aliphatic rings. The number of halogens is 3. The molecule has 2 aromatic heterocycles. The van der Waals surface area contributed by atoms with Gasteiger partial charge in [-0.25, -0.2) is 15.0 Å². The van der Waals surface area contributed by atoms with Crippen LogP contribution in [0.15, 0.2) is 42.7 Å². The Labute approximate surface area is 185 Å². The molecule has 0 aliphatic heterocycles. The molecule has 166 valence electrons. The van der Waals surface area contributed by atoms with Crippen LogP contribution in [0.2, 0.25) is 0 Å². The van der Waals surface area contributed by atoms with E-state index in [1.807, 2.05) is 6.07 Å². The lowest BCUT2D eigenvalue weighted by Crippen LogP contribution is -2.22. The molecule has 2 aliphatic carbocycles. The quantitative estimate of drug-likeness (QED) is 0.574. The number of alkyl halides is 3. The first-order valence-electron chi connectivity index (χ1n) is 10.2. The maximum atomic E-state index is 12.9. The highest BCUT2D eigenvalue weighted by Gasteiger charge is 2.50. The molecule has 2 N–H and O–H groups in total. The Balaban J connectivity index is 1.35. The van der Waals surface area contributed by atoms with Gasteiger partial charge in [-0.2, -0.15) is 13.2 Å². The molecule has 3 atom stereocenters. The standard InChI is InChI=1S/C22H19F3N4O2S/c23-22(24,25)18-4-5-26-20(29-18)28-15-3-1-2-12(6-15)17-11-27-19(32-17)21(31)9-13-7-16(30)8-14(13)10-21/h1-6,11,13-14,31H,7-10H2,(H,26,28,29)/t13-,14+,21?. The Kier molecular flexibility index (Phi) is 5.01. The summed E-state index contributed by atoms with van der Waals surface area (Å²) in [7, 11) is 0. The van der Waals surface area contributed by atoms with Crippen LogP contribution < -0.4 is 5.32 Å². The fraction of sp³-hybridized carbons (Fsp3) is 0.364. The molecular weight excluding hydrogens is 441 g/mol. The normalized spacial score (nSPS) is 25.2. The van der Waals surface area contributed by atoms with Crippen LogP contribution in [-0.4, -0.2) is 25.8 Å². The molecule has 0 saturated heterocycles. The fourth-order valence-corrected chi connectivity index (χ4v) is 5.70. The van der Waals surface area contributed by atoms with Gasteiger partial charge in [0.2, 0.25) is 5.95 Å². The van der Waals surface area contributed by atoms with E-state index in [1.165, 1.54) is 11.3 Å². The van der Waals surface area contributed by atoms with E-state index in [1.54, 1.807) is 24.4 Å². The van der Waals surface area contributed by atoms with Crippen LogP contribution in [0.1, 0.15) is 36.4 Å². The highest BCUT2D eigenvalue weighted by atomic mass is 32.1. The molecule has 0 bridgehead atoms. The summed E-state index contributed by atoms with van der Waals surface area (Å²) in [5.74, 6) is 0.568. The minimum absolute atomic E-state index is 0.150. The number of carbonyl (C=O) groups excluding carboxylic acids is 1. The van der Waals surface area contributed by atoms with Gasteiger partial charge in [0.15, 0.2) is 0 Å². The van der Waals surface area contributed by atoms with Crippen molar-refractivity contribution < 1.29 is 23.1 Å². The molecule has 6 nitrogen and oxygen atoms in total. The molecule has 32 heavy (non-hydrogen) atoms. The second-order valence-corrected chi connectivity index (χ2v) is 9.44. The Morgan fingerprint density at radius 3 is 2.59 bits per heavy atom. The Hall–Kier alpha value is -2.85. The third-order valence-electron chi connectivity index (χ3n) is 6.10. The van der Waals surface area contributed by atoms with Crippen molar-refractivity contribution >= 4 is 28.8 Å². The van der Waals surface area contributed by atoms with E-state index in [0.717, 1.165) is 22.7 Å². The molecule has 10 heteroatoms. The smallest absolute Gasteiger partial charge is 0.383 e. The van der Waals surface area contributed by atoms with Gasteiger partial charge in [-0.15, -0.1) is 11.3 Å². The third kappa shape index (κ3) is 4.00. The highest BCUT2D eigenvalue weighted by Crippen LogP contribution is 2.52. The van der Waals surface area contributed by atoms with Crippen molar-refractivity contribution in [2.45, 2.75) is 37.5 Å². The maximum Gasteiger partial charge on any atom is 0.433 e. The van der Waals surface area contributed by atoms with E-state index < -0.39 is 17.5 Å². The van der Waals surface area contributed by atoms with Crippen molar-refractivity contribution in [2.75, 3.05) is 5.32 Å². The van der Waals surface area contributed by atoms with Crippen molar-refractivity contribution in [3.8, 4) is 10.4 Å². The van der Waals surface area contributed by atoms with E-state index in [4.69, 9.17) is 0 Å². The summed E-state index contributed by atoms with van der Waals surface area (Å²) in [5.41, 5.74) is -0.692. The average Bonchev–Trinajstić information content (AvgIpc) is 3.42. The summed E-state index contributed by atoms with van der Waals surface area (Å²) in [5, 5.41) is 14.6. The number of carbonyl (C=O) groups is 1. The van der Waals surface area contributed by atoms with Gasteiger partial charge < -0.3 is 10.4 Å². The number of hydrogen-bond donors (Lipinski definition) is 2. The fourth-order valence-electron chi connectivity index (χ4n) is 4.68. The number of ketones is 1. The van der Waals surface area contributed by atoms with E-state index >= 15 is 0 Å². The Morgan fingerprint density at radius 2 is 1.88 bits per heavy atom. The van der Waals surface area contributed by atoms with Gasteiger partial charge in [-0.3, -0.25) is 4.79 Å². The van der Waals surface area contributed by atoms with Crippen LogP contribution in [0.4, 0.5) is 24.8 Å². The number of fused-ring (bicyclic) bond motifs is 1. The number of nitrogens with zero attached hydrogens (tertiary/aromatic N) is 3. The van der Waals surface area contributed by atoms with Crippen LogP contribution >= 0.6 is 11.3 Å². The largest absolute Gasteiger partial charge is 0.433 e. The van der Waals surface area contributed by atoms with Crippen molar-refractivity contribution in [1.29, 1.82) is 0 Å². The zero-order chi connectivity index (χ0) is 22.5. The number of anilines is 2. The number of nitrogens with one attached hydrogen (secondary N) is 1. The Morgan fingerprint density at radius 1 is 1.12 bits per heavy atom. The predicted octanol–water partition coefficient (Wildman–Crippen LogP) is 4.94. The SMILES string of the molecule is O=C1C[C@@H]2CC(O)(c3ncc(-c4cccc(Nc5nccc(C(F)(F)F)n5)c4)s3)C[C@@H]2C1. The Bertz CT molecular complexity index is 1160. The molecular formula is C22H19F3N4O2S. The van der Waals surface area contributed by atoms with E-state index in [2.05, 4.69) is 20.3 Å². The zero-order valence-corrected chi connectivity index (χ0v) is 17.6. The monoisotopic (exact) mass is 460 g/mol. The van der Waals surface area contributed by atoms with E-state index in [0.29, 0.717) is 36.4 Å². The molecule has 0 spiro atoms. The maximum absolute atomic E-state index is 12.9.